The van der Waals surface area contributed by atoms with E-state index >= 15 is 0 Å². The van der Waals surface area contributed by atoms with E-state index < -0.39 is 8.32 Å². The van der Waals surface area contributed by atoms with E-state index in [9.17, 15) is 0 Å². The van der Waals surface area contributed by atoms with E-state index in [2.05, 4.69) is 50.0 Å². The first-order valence-electron chi connectivity index (χ1n) is 6.13. The molecule has 0 radical (unpaired) electrons. The normalized spacial score (nSPS) is 24.8. The van der Waals surface area contributed by atoms with Crippen molar-refractivity contribution in [1.29, 1.82) is 0 Å². The summed E-state index contributed by atoms with van der Waals surface area (Å²) in [7, 11) is -1.65. The quantitative estimate of drug-likeness (QED) is 0.243. The van der Waals surface area contributed by atoms with Gasteiger partial charge in [-0.25, -0.2) is 0 Å². The van der Waals surface area contributed by atoms with Gasteiger partial charge in [0.25, 0.3) is 0 Å². The highest BCUT2D eigenvalue weighted by Gasteiger charge is 2.37. The van der Waals surface area contributed by atoms with Crippen LogP contribution in [-0.4, -0.2) is 21.0 Å². The molecule has 1 rings (SSSR count). The van der Waals surface area contributed by atoms with Crippen LogP contribution in [0, 0.1) is 5.92 Å². The fraction of sp³-hybridized carbons (Fsp3) is 0.833. The summed E-state index contributed by atoms with van der Waals surface area (Å²) in [6.45, 7) is 12.0. The van der Waals surface area contributed by atoms with Crippen LogP contribution in [0.5, 0.6) is 0 Å². The van der Waals surface area contributed by atoms with Crippen molar-refractivity contribution in [3.05, 3.63) is 22.6 Å². The highest BCUT2D eigenvalue weighted by atomic mass is 28.4. The summed E-state index contributed by atoms with van der Waals surface area (Å²) in [4.78, 5) is 2.84. The topological polar surface area (TPSA) is 58.0 Å². The Bertz CT molecular complexity index is 340. The van der Waals surface area contributed by atoms with Crippen LogP contribution < -0.4 is 0 Å². The van der Waals surface area contributed by atoms with Crippen molar-refractivity contribution < 1.29 is 4.43 Å². The third-order valence-electron chi connectivity index (χ3n) is 3.81. The molecular formula is C12H23N3OSi. The molecule has 0 N–H and O–H groups in total. The SMILES string of the molecule is CC(C)(C)[Si](C)(C)OC[C@@H]1C=C[C@H](N=[N+]=[N-])C1. The smallest absolute Gasteiger partial charge is 0.192 e. The summed E-state index contributed by atoms with van der Waals surface area (Å²) in [5.74, 6) is 0.402. The molecule has 0 saturated heterocycles. The first kappa shape index (κ1) is 14.3. The van der Waals surface area contributed by atoms with Gasteiger partial charge < -0.3 is 4.43 Å². The van der Waals surface area contributed by atoms with Crippen LogP contribution in [0.1, 0.15) is 27.2 Å². The average molecular weight is 253 g/mol. The molecule has 5 heteroatoms. The monoisotopic (exact) mass is 253 g/mol. The van der Waals surface area contributed by atoms with Crippen molar-refractivity contribution in [3.8, 4) is 0 Å². The van der Waals surface area contributed by atoms with Crippen molar-refractivity contribution in [2.24, 2.45) is 11.0 Å². The third-order valence-corrected chi connectivity index (χ3v) is 8.31. The average Bonchev–Trinajstić information content (AvgIpc) is 2.62. The molecule has 1 aliphatic rings. The summed E-state index contributed by atoms with van der Waals surface area (Å²) in [6, 6.07) is 0.0213. The predicted molar refractivity (Wildman–Crippen MR) is 73.3 cm³/mol. The molecule has 0 amide bonds. The van der Waals surface area contributed by atoms with Crippen LogP contribution in [0.3, 0.4) is 0 Å². The van der Waals surface area contributed by atoms with Gasteiger partial charge in [-0.3, -0.25) is 0 Å². The van der Waals surface area contributed by atoms with Gasteiger partial charge in [0.1, 0.15) is 0 Å². The Labute approximate surface area is 105 Å². The maximum absolute atomic E-state index is 8.38. The van der Waals surface area contributed by atoms with Crippen molar-refractivity contribution in [3.63, 3.8) is 0 Å². The molecule has 2 atom stereocenters. The lowest BCUT2D eigenvalue weighted by atomic mass is 10.1. The molecule has 4 nitrogen and oxygen atoms in total. The van der Waals surface area contributed by atoms with Gasteiger partial charge in [0.15, 0.2) is 8.32 Å². The summed E-state index contributed by atoms with van der Waals surface area (Å²) in [5, 5.41) is 3.97. The van der Waals surface area contributed by atoms with Crippen LogP contribution in [0.2, 0.25) is 18.1 Å². The van der Waals surface area contributed by atoms with Crippen LogP contribution in [0.15, 0.2) is 17.3 Å². The van der Waals surface area contributed by atoms with Crippen molar-refractivity contribution in [2.45, 2.75) is 51.4 Å². The Kier molecular flexibility index (Phi) is 4.41. The zero-order valence-corrected chi connectivity index (χ0v) is 12.5. The summed E-state index contributed by atoms with van der Waals surface area (Å²) in [6.07, 6.45) is 4.99. The van der Waals surface area contributed by atoms with Crippen LogP contribution in [0.25, 0.3) is 10.4 Å². The molecule has 0 aliphatic heterocycles. The van der Waals surface area contributed by atoms with Crippen molar-refractivity contribution in [2.75, 3.05) is 6.61 Å². The second-order valence-electron chi connectivity index (χ2n) is 6.22. The maximum Gasteiger partial charge on any atom is 0.192 e. The fourth-order valence-corrected chi connectivity index (χ4v) is 2.62. The lowest BCUT2D eigenvalue weighted by Crippen LogP contribution is -2.41. The number of nitrogens with zero attached hydrogens (tertiary/aromatic N) is 3. The number of azide groups is 1. The van der Waals surface area contributed by atoms with E-state index in [1.165, 1.54) is 0 Å². The molecule has 0 heterocycles. The number of rotatable bonds is 4. The minimum Gasteiger partial charge on any atom is -0.416 e. The maximum atomic E-state index is 8.38. The molecule has 1 aliphatic carbocycles. The molecule has 0 aromatic carbocycles. The Morgan fingerprint density at radius 2 is 2.06 bits per heavy atom. The van der Waals surface area contributed by atoms with E-state index in [1.54, 1.807) is 0 Å². The molecule has 0 spiro atoms. The molecule has 0 aromatic rings. The van der Waals surface area contributed by atoms with Gasteiger partial charge in [-0.1, -0.05) is 38.0 Å². The molecular weight excluding hydrogens is 230 g/mol. The second kappa shape index (κ2) is 5.25. The van der Waals surface area contributed by atoms with E-state index in [0.717, 1.165) is 13.0 Å². The first-order chi connectivity index (χ1) is 7.76. The van der Waals surface area contributed by atoms with Crippen LogP contribution >= 0.6 is 0 Å². The van der Waals surface area contributed by atoms with Gasteiger partial charge in [0, 0.05) is 11.5 Å². The standard InChI is InChI=1S/C12H23N3OSi/c1-12(2,3)17(4,5)16-9-10-6-7-11(8-10)14-15-13/h6-7,10-11H,8-9H2,1-5H3/t10-,11+/m1/s1. The highest BCUT2D eigenvalue weighted by Crippen LogP contribution is 2.37. The molecule has 0 fully saturated rings. The molecule has 17 heavy (non-hydrogen) atoms. The number of hydrogen-bond acceptors (Lipinski definition) is 2. The van der Waals surface area contributed by atoms with Gasteiger partial charge in [-0.2, -0.15) is 0 Å². The largest absolute Gasteiger partial charge is 0.416 e. The predicted octanol–water partition coefficient (Wildman–Crippen LogP) is 4.26. The number of hydrogen-bond donors (Lipinski definition) is 0. The molecule has 0 unspecified atom stereocenters. The Morgan fingerprint density at radius 3 is 2.59 bits per heavy atom. The van der Waals surface area contributed by atoms with Crippen molar-refractivity contribution >= 4 is 8.32 Å². The van der Waals surface area contributed by atoms with E-state index in [0.29, 0.717) is 5.92 Å². The summed E-state index contributed by atoms with van der Waals surface area (Å²) >= 11 is 0. The van der Waals surface area contributed by atoms with Crippen LogP contribution in [0.4, 0.5) is 0 Å². The van der Waals surface area contributed by atoms with Crippen LogP contribution in [-0.2, 0) is 4.43 Å². The highest BCUT2D eigenvalue weighted by molar-refractivity contribution is 6.74. The minimum absolute atomic E-state index is 0.0213. The van der Waals surface area contributed by atoms with E-state index in [4.69, 9.17) is 9.96 Å². The van der Waals surface area contributed by atoms with Gasteiger partial charge in [-0.15, -0.1) is 0 Å². The fourth-order valence-electron chi connectivity index (χ4n) is 1.56. The molecule has 0 saturated carbocycles. The first-order valence-corrected chi connectivity index (χ1v) is 9.03. The Balaban J connectivity index is 2.44. The zero-order valence-electron chi connectivity index (χ0n) is 11.5. The molecule has 0 aromatic heterocycles. The van der Waals surface area contributed by atoms with Gasteiger partial charge >= 0.3 is 0 Å². The Hall–Kier alpha value is -0.773. The summed E-state index contributed by atoms with van der Waals surface area (Å²) < 4.78 is 6.16. The lowest BCUT2D eigenvalue weighted by Gasteiger charge is -2.36. The van der Waals surface area contributed by atoms with E-state index in [1.807, 2.05) is 6.08 Å². The third kappa shape index (κ3) is 3.87. The van der Waals surface area contributed by atoms with Gasteiger partial charge in [0.05, 0.1) is 6.04 Å². The molecule has 0 bridgehead atoms. The van der Waals surface area contributed by atoms with Gasteiger partial charge in [-0.05, 0) is 36.0 Å². The van der Waals surface area contributed by atoms with Crippen molar-refractivity contribution in [1.82, 2.24) is 0 Å². The Morgan fingerprint density at radius 1 is 1.41 bits per heavy atom. The minimum atomic E-state index is -1.65. The van der Waals surface area contributed by atoms with E-state index in [-0.39, 0.29) is 11.1 Å². The van der Waals surface area contributed by atoms with Gasteiger partial charge in [0.2, 0.25) is 0 Å². The molecule has 96 valence electrons. The second-order valence-corrected chi connectivity index (χ2v) is 11.0. The zero-order chi connectivity index (χ0) is 13.1. The lowest BCUT2D eigenvalue weighted by molar-refractivity contribution is 0.248. The summed E-state index contributed by atoms with van der Waals surface area (Å²) in [5.41, 5.74) is 8.38.